The summed E-state index contributed by atoms with van der Waals surface area (Å²) in [7, 11) is 6.11. The molecular weight excluding hydrogens is 402 g/mol. The Morgan fingerprint density at radius 3 is 2.35 bits per heavy atom. The molecule has 0 atom stereocenters. The third-order valence-corrected chi connectivity index (χ3v) is 4.83. The van der Waals surface area contributed by atoms with Gasteiger partial charge in [0.05, 0.1) is 39.6 Å². The SMILES string of the molecule is COc1cc(OC)c2nc(Nc3nc4ccc(OC)c(OC)c4c(=O)[nH]3)nc(C)c2c1. The van der Waals surface area contributed by atoms with Crippen molar-refractivity contribution in [2.75, 3.05) is 33.8 Å². The summed E-state index contributed by atoms with van der Waals surface area (Å²) in [4.78, 5) is 28.9. The third-order valence-electron chi connectivity index (χ3n) is 4.83. The first-order valence-corrected chi connectivity index (χ1v) is 9.31. The van der Waals surface area contributed by atoms with Crippen LogP contribution in [0.3, 0.4) is 0 Å². The number of hydrogen-bond donors (Lipinski definition) is 2. The lowest BCUT2D eigenvalue weighted by Gasteiger charge is -2.13. The monoisotopic (exact) mass is 423 g/mol. The fourth-order valence-corrected chi connectivity index (χ4v) is 3.37. The fraction of sp³-hybridized carbons (Fsp3) is 0.238. The molecule has 0 amide bonds. The summed E-state index contributed by atoms with van der Waals surface area (Å²) in [5, 5.41) is 4.05. The number of nitrogens with one attached hydrogen (secondary N) is 2. The number of aryl methyl sites for hydroxylation is 1. The van der Waals surface area contributed by atoms with Crippen molar-refractivity contribution >= 4 is 33.7 Å². The van der Waals surface area contributed by atoms with Crippen LogP contribution in [0, 0.1) is 6.92 Å². The molecule has 0 saturated carbocycles. The van der Waals surface area contributed by atoms with E-state index >= 15 is 0 Å². The number of methoxy groups -OCH3 is 4. The quantitative estimate of drug-likeness (QED) is 0.482. The number of aromatic nitrogens is 4. The average Bonchev–Trinajstić information content (AvgIpc) is 2.77. The molecule has 0 saturated heterocycles. The minimum absolute atomic E-state index is 0.191. The molecular formula is C21H21N5O5. The summed E-state index contributed by atoms with van der Waals surface area (Å²) < 4.78 is 21.4. The van der Waals surface area contributed by atoms with Crippen molar-refractivity contribution < 1.29 is 18.9 Å². The Morgan fingerprint density at radius 1 is 0.903 bits per heavy atom. The second kappa shape index (κ2) is 7.98. The summed E-state index contributed by atoms with van der Waals surface area (Å²) in [6.45, 7) is 1.85. The van der Waals surface area contributed by atoms with Gasteiger partial charge in [-0.2, -0.15) is 0 Å². The number of hydrogen-bond acceptors (Lipinski definition) is 9. The lowest BCUT2D eigenvalue weighted by atomic mass is 10.1. The minimum atomic E-state index is -0.386. The number of aromatic amines is 1. The van der Waals surface area contributed by atoms with Gasteiger partial charge in [-0.3, -0.25) is 15.1 Å². The van der Waals surface area contributed by atoms with Gasteiger partial charge in [-0.1, -0.05) is 0 Å². The number of anilines is 2. The highest BCUT2D eigenvalue weighted by atomic mass is 16.5. The molecule has 0 aliphatic rings. The first-order valence-electron chi connectivity index (χ1n) is 9.31. The van der Waals surface area contributed by atoms with Crippen LogP contribution >= 0.6 is 0 Å². The van der Waals surface area contributed by atoms with E-state index in [1.54, 1.807) is 32.4 Å². The molecule has 0 fully saturated rings. The normalized spacial score (nSPS) is 10.9. The number of H-pyrrole nitrogens is 1. The highest BCUT2D eigenvalue weighted by molar-refractivity contribution is 5.90. The standard InChI is InChI=1S/C21H21N5O5/c1-10-12-8-11(28-2)9-15(30-4)17(12)24-20(22-10)26-21-23-13-6-7-14(29-3)18(31-5)16(13)19(27)25-21/h6-9H,1-5H3,(H2,22,23,24,25,26,27). The van der Waals surface area contributed by atoms with Gasteiger partial charge in [0, 0.05) is 11.5 Å². The number of fused-ring (bicyclic) bond motifs is 2. The molecule has 10 nitrogen and oxygen atoms in total. The van der Waals surface area contributed by atoms with Gasteiger partial charge < -0.3 is 18.9 Å². The summed E-state index contributed by atoms with van der Waals surface area (Å²) >= 11 is 0. The van der Waals surface area contributed by atoms with Crippen LogP contribution in [-0.2, 0) is 0 Å². The Kier molecular flexibility index (Phi) is 5.20. The first-order chi connectivity index (χ1) is 15.0. The van der Waals surface area contributed by atoms with Crippen LogP contribution in [0.25, 0.3) is 21.8 Å². The molecule has 2 N–H and O–H groups in total. The van der Waals surface area contributed by atoms with Crippen LogP contribution in [0.4, 0.5) is 11.9 Å². The van der Waals surface area contributed by atoms with E-state index in [4.69, 9.17) is 18.9 Å². The van der Waals surface area contributed by atoms with Crippen molar-refractivity contribution in [3.05, 3.63) is 40.3 Å². The van der Waals surface area contributed by atoms with Crippen molar-refractivity contribution in [3.63, 3.8) is 0 Å². The van der Waals surface area contributed by atoms with Crippen LogP contribution < -0.4 is 29.8 Å². The van der Waals surface area contributed by atoms with Crippen molar-refractivity contribution in [2.24, 2.45) is 0 Å². The summed E-state index contributed by atoms with van der Waals surface area (Å²) in [5.41, 5.74) is 1.36. The van der Waals surface area contributed by atoms with E-state index in [0.29, 0.717) is 39.7 Å². The fourth-order valence-electron chi connectivity index (χ4n) is 3.37. The second-order valence-electron chi connectivity index (χ2n) is 6.59. The molecule has 4 rings (SSSR count). The molecule has 0 unspecified atom stereocenters. The lowest BCUT2D eigenvalue weighted by molar-refractivity contribution is 0.358. The van der Waals surface area contributed by atoms with Crippen LogP contribution in [-0.4, -0.2) is 48.4 Å². The maximum atomic E-state index is 12.7. The molecule has 0 aliphatic heterocycles. The van der Waals surface area contributed by atoms with Gasteiger partial charge in [-0.15, -0.1) is 0 Å². The number of rotatable bonds is 6. The highest BCUT2D eigenvalue weighted by Gasteiger charge is 2.16. The average molecular weight is 423 g/mol. The van der Waals surface area contributed by atoms with Gasteiger partial charge >= 0.3 is 0 Å². The Bertz CT molecular complexity index is 1350. The maximum Gasteiger partial charge on any atom is 0.264 e. The number of nitrogens with zero attached hydrogens (tertiary/aromatic N) is 3. The largest absolute Gasteiger partial charge is 0.497 e. The molecule has 0 spiro atoms. The van der Waals surface area contributed by atoms with E-state index in [1.165, 1.54) is 14.2 Å². The van der Waals surface area contributed by atoms with Gasteiger partial charge in [0.25, 0.3) is 5.56 Å². The summed E-state index contributed by atoms with van der Waals surface area (Å²) in [5.74, 6) is 2.39. The first kappa shape index (κ1) is 20.2. The number of benzene rings is 2. The molecule has 0 aliphatic carbocycles. The van der Waals surface area contributed by atoms with Crippen molar-refractivity contribution in [2.45, 2.75) is 6.92 Å². The Hall–Kier alpha value is -4.08. The predicted octanol–water partition coefficient (Wildman–Crippen LogP) is 2.95. The highest BCUT2D eigenvalue weighted by Crippen LogP contribution is 2.34. The third kappa shape index (κ3) is 3.52. The Balaban J connectivity index is 1.81. The molecule has 2 aromatic heterocycles. The van der Waals surface area contributed by atoms with Crippen LogP contribution in [0.15, 0.2) is 29.1 Å². The Labute approximate surface area is 177 Å². The topological polar surface area (TPSA) is 120 Å². The predicted molar refractivity (Wildman–Crippen MR) is 116 cm³/mol. The Morgan fingerprint density at radius 2 is 1.68 bits per heavy atom. The zero-order valence-corrected chi connectivity index (χ0v) is 17.7. The molecule has 31 heavy (non-hydrogen) atoms. The van der Waals surface area contributed by atoms with Crippen LogP contribution in [0.1, 0.15) is 5.69 Å². The molecule has 4 aromatic rings. The van der Waals surface area contributed by atoms with E-state index in [9.17, 15) is 4.79 Å². The zero-order valence-electron chi connectivity index (χ0n) is 17.7. The van der Waals surface area contributed by atoms with E-state index in [0.717, 1.165) is 5.39 Å². The lowest BCUT2D eigenvalue weighted by Crippen LogP contribution is -2.13. The molecule has 10 heteroatoms. The molecule has 0 radical (unpaired) electrons. The molecule has 160 valence electrons. The van der Waals surface area contributed by atoms with E-state index in [2.05, 4.69) is 25.3 Å². The molecule has 2 aromatic carbocycles. The summed E-state index contributed by atoms with van der Waals surface area (Å²) in [6, 6.07) is 6.95. The van der Waals surface area contributed by atoms with Crippen molar-refractivity contribution in [1.29, 1.82) is 0 Å². The van der Waals surface area contributed by atoms with Gasteiger partial charge in [0.1, 0.15) is 22.4 Å². The van der Waals surface area contributed by atoms with Crippen molar-refractivity contribution in [1.82, 2.24) is 19.9 Å². The van der Waals surface area contributed by atoms with Gasteiger partial charge in [-0.05, 0) is 25.1 Å². The molecule has 2 heterocycles. The van der Waals surface area contributed by atoms with Gasteiger partial charge in [0.15, 0.2) is 11.5 Å². The number of ether oxygens (including phenoxy) is 4. The van der Waals surface area contributed by atoms with E-state index < -0.39 is 0 Å². The van der Waals surface area contributed by atoms with Crippen molar-refractivity contribution in [3.8, 4) is 23.0 Å². The smallest absolute Gasteiger partial charge is 0.264 e. The minimum Gasteiger partial charge on any atom is -0.497 e. The van der Waals surface area contributed by atoms with Gasteiger partial charge in [0.2, 0.25) is 11.9 Å². The maximum absolute atomic E-state index is 12.7. The van der Waals surface area contributed by atoms with Gasteiger partial charge in [-0.25, -0.2) is 15.0 Å². The van der Waals surface area contributed by atoms with Crippen LogP contribution in [0.2, 0.25) is 0 Å². The van der Waals surface area contributed by atoms with Crippen LogP contribution in [0.5, 0.6) is 23.0 Å². The van der Waals surface area contributed by atoms with E-state index in [-0.39, 0.29) is 22.8 Å². The zero-order chi connectivity index (χ0) is 22.1. The summed E-state index contributed by atoms with van der Waals surface area (Å²) in [6.07, 6.45) is 0. The second-order valence-corrected chi connectivity index (χ2v) is 6.59. The van der Waals surface area contributed by atoms with E-state index in [1.807, 2.05) is 13.0 Å². The molecule has 0 bridgehead atoms.